The second-order valence-electron chi connectivity index (χ2n) is 10.3. The Morgan fingerprint density at radius 3 is 2.77 bits per heavy atom. The summed E-state index contributed by atoms with van der Waals surface area (Å²) in [6, 6.07) is 10.9. The molecule has 7 nitrogen and oxygen atoms in total. The summed E-state index contributed by atoms with van der Waals surface area (Å²) >= 11 is 0. The number of pyridine rings is 1. The van der Waals surface area contributed by atoms with E-state index in [1.807, 2.05) is 6.92 Å². The zero-order chi connectivity index (χ0) is 24.9. The molecule has 1 aromatic heterocycles. The molecule has 3 N–H and O–H groups in total. The third-order valence-electron chi connectivity index (χ3n) is 7.64. The van der Waals surface area contributed by atoms with E-state index in [-0.39, 0.29) is 6.04 Å². The number of benzene rings is 1. The van der Waals surface area contributed by atoms with Gasteiger partial charge in [0.15, 0.2) is 0 Å². The lowest BCUT2D eigenvalue weighted by atomic mass is 9.88. The van der Waals surface area contributed by atoms with Crippen molar-refractivity contribution in [3.05, 3.63) is 53.2 Å². The number of likely N-dealkylation sites (tertiary alicyclic amines) is 2. The minimum absolute atomic E-state index is 0.0933. The fourth-order valence-electron chi connectivity index (χ4n) is 5.51. The van der Waals surface area contributed by atoms with Crippen molar-refractivity contribution in [1.29, 1.82) is 0 Å². The molecular weight excluding hydrogens is 438 g/mol. The van der Waals surface area contributed by atoms with Gasteiger partial charge < -0.3 is 20.9 Å². The zero-order valence-electron chi connectivity index (χ0n) is 21.3. The molecule has 4 rings (SSSR count). The summed E-state index contributed by atoms with van der Waals surface area (Å²) in [6.45, 7) is 5.85. The van der Waals surface area contributed by atoms with Gasteiger partial charge in [-0.3, -0.25) is 9.59 Å². The standard InChI is InChI=1S/C28H39N5O2/c1-4-21-16-23(17-30-26(21)29)31-27(34)28(35)33-18-19(2)11-12-25(33)22-9-7-8-20(14-22)15-24-10-5-6-13-32(24)3/h7-9,14,16-17,19,24-25H,4-6,10-13,15,18H2,1-3H3,(H2,29,30)(H,31,34)/t19-,24+,25+/m0/s1. The van der Waals surface area contributed by atoms with E-state index in [1.165, 1.54) is 31.0 Å². The molecule has 3 atom stereocenters. The largest absolute Gasteiger partial charge is 0.383 e. The number of likely N-dealkylation sites (N-methyl/N-ethyl adjacent to an activating group) is 1. The molecule has 0 spiro atoms. The van der Waals surface area contributed by atoms with Gasteiger partial charge in [0, 0.05) is 12.6 Å². The maximum atomic E-state index is 13.4. The van der Waals surface area contributed by atoms with E-state index in [4.69, 9.17) is 5.73 Å². The number of hydrogen-bond acceptors (Lipinski definition) is 5. The quantitative estimate of drug-likeness (QED) is 0.630. The lowest BCUT2D eigenvalue weighted by molar-refractivity contribution is -0.146. The van der Waals surface area contributed by atoms with E-state index in [0.717, 1.165) is 36.9 Å². The van der Waals surface area contributed by atoms with E-state index in [2.05, 4.69) is 53.4 Å². The molecule has 2 amide bonds. The molecule has 0 unspecified atom stereocenters. The number of aromatic nitrogens is 1. The van der Waals surface area contributed by atoms with Gasteiger partial charge in [-0.2, -0.15) is 0 Å². The minimum atomic E-state index is -0.627. The van der Waals surface area contributed by atoms with Gasteiger partial charge in [0.1, 0.15) is 5.82 Å². The Balaban J connectivity index is 1.50. The summed E-state index contributed by atoms with van der Waals surface area (Å²) in [7, 11) is 2.22. The minimum Gasteiger partial charge on any atom is -0.383 e. The fourth-order valence-corrected chi connectivity index (χ4v) is 5.51. The molecule has 2 saturated heterocycles. The van der Waals surface area contributed by atoms with Gasteiger partial charge in [-0.25, -0.2) is 4.98 Å². The van der Waals surface area contributed by atoms with E-state index in [9.17, 15) is 9.59 Å². The molecule has 2 aromatic rings. The van der Waals surface area contributed by atoms with Crippen molar-refractivity contribution < 1.29 is 9.59 Å². The third kappa shape index (κ3) is 6.01. The van der Waals surface area contributed by atoms with Gasteiger partial charge in [0.25, 0.3) is 0 Å². The highest BCUT2D eigenvalue weighted by Crippen LogP contribution is 2.34. The van der Waals surface area contributed by atoms with Gasteiger partial charge in [0.2, 0.25) is 0 Å². The first-order valence-electron chi connectivity index (χ1n) is 13.0. The van der Waals surface area contributed by atoms with E-state index < -0.39 is 11.8 Å². The number of aryl methyl sites for hydroxylation is 1. The monoisotopic (exact) mass is 477 g/mol. The summed E-state index contributed by atoms with van der Waals surface area (Å²) in [5.41, 5.74) is 9.65. The van der Waals surface area contributed by atoms with Crippen molar-refractivity contribution in [1.82, 2.24) is 14.8 Å². The summed E-state index contributed by atoms with van der Waals surface area (Å²) in [5.74, 6) is -0.320. The molecule has 0 bridgehead atoms. The van der Waals surface area contributed by atoms with Crippen LogP contribution in [0.2, 0.25) is 0 Å². The maximum absolute atomic E-state index is 13.4. The van der Waals surface area contributed by atoms with Gasteiger partial charge in [-0.15, -0.1) is 0 Å². The Morgan fingerprint density at radius 1 is 1.17 bits per heavy atom. The molecule has 0 aliphatic carbocycles. The van der Waals surface area contributed by atoms with Gasteiger partial charge >= 0.3 is 11.8 Å². The fraction of sp³-hybridized carbons (Fsp3) is 0.536. The second-order valence-corrected chi connectivity index (χ2v) is 10.3. The molecule has 2 fully saturated rings. The number of piperidine rings is 2. The van der Waals surface area contributed by atoms with Crippen molar-refractivity contribution in [2.45, 2.75) is 70.9 Å². The molecule has 0 radical (unpaired) electrons. The molecule has 2 aliphatic rings. The maximum Gasteiger partial charge on any atom is 0.313 e. The second kappa shape index (κ2) is 11.2. The van der Waals surface area contributed by atoms with Crippen molar-refractivity contribution in [2.24, 2.45) is 5.92 Å². The number of nitrogens with two attached hydrogens (primary N) is 1. The first kappa shape index (κ1) is 25.2. The molecule has 7 heteroatoms. The van der Waals surface area contributed by atoms with Crippen LogP contribution in [0.4, 0.5) is 11.5 Å². The van der Waals surface area contributed by atoms with Crippen molar-refractivity contribution in [2.75, 3.05) is 31.2 Å². The normalized spacial score (nSPS) is 23.2. The highest BCUT2D eigenvalue weighted by molar-refractivity contribution is 6.39. The average Bonchev–Trinajstić information content (AvgIpc) is 2.86. The van der Waals surface area contributed by atoms with Crippen LogP contribution in [0.1, 0.15) is 68.7 Å². The Bertz CT molecular complexity index is 1060. The lowest BCUT2D eigenvalue weighted by Gasteiger charge is -2.39. The topological polar surface area (TPSA) is 91.6 Å². The molecule has 3 heterocycles. The Morgan fingerprint density at radius 2 is 2.00 bits per heavy atom. The third-order valence-corrected chi connectivity index (χ3v) is 7.64. The Kier molecular flexibility index (Phi) is 8.06. The van der Waals surface area contributed by atoms with Crippen molar-refractivity contribution >= 4 is 23.3 Å². The van der Waals surface area contributed by atoms with Crippen LogP contribution in [0, 0.1) is 5.92 Å². The first-order chi connectivity index (χ1) is 16.9. The zero-order valence-corrected chi connectivity index (χ0v) is 21.3. The van der Waals surface area contributed by atoms with Crippen LogP contribution in [-0.4, -0.2) is 52.8 Å². The average molecular weight is 478 g/mol. The number of hydrogen-bond donors (Lipinski definition) is 2. The number of nitrogens with one attached hydrogen (secondary N) is 1. The predicted molar refractivity (Wildman–Crippen MR) is 140 cm³/mol. The molecule has 2 aliphatic heterocycles. The van der Waals surface area contributed by atoms with Crippen LogP contribution < -0.4 is 11.1 Å². The molecular formula is C28H39N5O2. The molecule has 35 heavy (non-hydrogen) atoms. The van der Waals surface area contributed by atoms with Crippen LogP contribution in [0.15, 0.2) is 36.5 Å². The molecule has 1 aromatic carbocycles. The van der Waals surface area contributed by atoms with E-state index >= 15 is 0 Å². The number of carbonyl (C=O) groups is 2. The van der Waals surface area contributed by atoms with Gasteiger partial charge in [-0.05, 0) is 80.8 Å². The molecule has 188 valence electrons. The highest BCUT2D eigenvalue weighted by Gasteiger charge is 2.34. The van der Waals surface area contributed by atoms with E-state index in [0.29, 0.717) is 36.4 Å². The van der Waals surface area contributed by atoms with E-state index in [1.54, 1.807) is 11.0 Å². The SMILES string of the molecule is CCc1cc(NC(=O)C(=O)N2C[C@@H](C)CC[C@@H]2c2cccc(C[C@H]3CCCCN3C)c2)cnc1N. The number of amides is 2. The molecule has 0 saturated carbocycles. The number of carbonyl (C=O) groups excluding carboxylic acids is 2. The summed E-state index contributed by atoms with van der Waals surface area (Å²) < 4.78 is 0. The smallest absolute Gasteiger partial charge is 0.313 e. The number of rotatable bonds is 5. The van der Waals surface area contributed by atoms with Crippen molar-refractivity contribution in [3.8, 4) is 0 Å². The van der Waals surface area contributed by atoms with Crippen LogP contribution in [0.25, 0.3) is 0 Å². The van der Waals surface area contributed by atoms with Gasteiger partial charge in [0.05, 0.1) is 17.9 Å². The number of nitrogen functional groups attached to an aromatic ring is 1. The van der Waals surface area contributed by atoms with Gasteiger partial charge in [-0.1, -0.05) is 44.5 Å². The summed E-state index contributed by atoms with van der Waals surface area (Å²) in [4.78, 5) is 34.7. The van der Waals surface area contributed by atoms with Crippen LogP contribution >= 0.6 is 0 Å². The van der Waals surface area contributed by atoms with Crippen LogP contribution in [0.5, 0.6) is 0 Å². The Hall–Kier alpha value is -2.93. The predicted octanol–water partition coefficient (Wildman–Crippen LogP) is 4.19. The van der Waals surface area contributed by atoms with Crippen molar-refractivity contribution in [3.63, 3.8) is 0 Å². The number of nitrogens with zero attached hydrogens (tertiary/aromatic N) is 3. The summed E-state index contributed by atoms with van der Waals surface area (Å²) in [6.07, 6.45) is 8.91. The number of anilines is 2. The van der Waals surface area contributed by atoms with Crippen LogP contribution in [-0.2, 0) is 22.4 Å². The first-order valence-corrected chi connectivity index (χ1v) is 13.0. The van der Waals surface area contributed by atoms with Crippen LogP contribution in [0.3, 0.4) is 0 Å². The Labute approximate surface area is 209 Å². The summed E-state index contributed by atoms with van der Waals surface area (Å²) in [5, 5.41) is 2.74. The lowest BCUT2D eigenvalue weighted by Crippen LogP contribution is -2.46. The highest BCUT2D eigenvalue weighted by atomic mass is 16.2.